The fourth-order valence-corrected chi connectivity index (χ4v) is 1.84. The fourth-order valence-electron chi connectivity index (χ4n) is 1.35. The van der Waals surface area contributed by atoms with E-state index in [9.17, 15) is 4.79 Å². The molecule has 0 bridgehead atoms. The molecule has 0 aromatic carbocycles. The average molecular weight is 255 g/mol. The number of hydrogen-bond donors (Lipinski definition) is 1. The van der Waals surface area contributed by atoms with E-state index in [0.29, 0.717) is 4.60 Å². The molecule has 0 aliphatic rings. The molecule has 4 nitrogen and oxygen atoms in total. The van der Waals surface area contributed by atoms with Crippen molar-refractivity contribution in [3.63, 3.8) is 0 Å². The number of halogens is 1. The second kappa shape index (κ2) is 3.09. The second-order valence-corrected chi connectivity index (χ2v) is 3.79. The maximum atomic E-state index is 10.7. The minimum absolute atomic E-state index is 0.271. The molecule has 0 atom stereocenters. The predicted octanol–water partition coefficient (Wildman–Crippen LogP) is 2.10. The first-order valence-electron chi connectivity index (χ1n) is 3.96. The topological polar surface area (TPSA) is 54.6 Å². The Labute approximate surface area is 88.3 Å². The Kier molecular flexibility index (Phi) is 2.03. The molecule has 0 saturated carbocycles. The lowest BCUT2D eigenvalue weighted by atomic mass is 10.3. The predicted molar refractivity (Wildman–Crippen MR) is 54.6 cm³/mol. The van der Waals surface area contributed by atoms with Crippen LogP contribution in [0.3, 0.4) is 0 Å². The van der Waals surface area contributed by atoms with Gasteiger partial charge in [0.1, 0.15) is 4.60 Å². The van der Waals surface area contributed by atoms with Crippen molar-refractivity contribution >= 4 is 27.4 Å². The smallest absolute Gasteiger partial charge is 0.337 e. The van der Waals surface area contributed by atoms with Crippen LogP contribution in [0, 0.1) is 6.92 Å². The largest absolute Gasteiger partial charge is 0.478 e. The summed E-state index contributed by atoms with van der Waals surface area (Å²) in [6.07, 6.45) is 3.30. The van der Waals surface area contributed by atoms with E-state index >= 15 is 0 Å². The molecule has 5 heteroatoms. The van der Waals surface area contributed by atoms with E-state index in [2.05, 4.69) is 20.9 Å². The third-order valence-electron chi connectivity index (χ3n) is 1.99. The van der Waals surface area contributed by atoms with Crippen molar-refractivity contribution in [3.05, 3.63) is 34.3 Å². The number of nitrogens with zero attached hydrogens (tertiary/aromatic N) is 2. The number of aryl methyl sites for hydroxylation is 1. The second-order valence-electron chi connectivity index (χ2n) is 2.98. The molecule has 0 fully saturated rings. The van der Waals surface area contributed by atoms with Gasteiger partial charge in [-0.1, -0.05) is 0 Å². The first-order valence-corrected chi connectivity index (χ1v) is 4.75. The highest BCUT2D eigenvalue weighted by Crippen LogP contribution is 2.16. The lowest BCUT2D eigenvalue weighted by Gasteiger charge is -1.98. The van der Waals surface area contributed by atoms with Crippen molar-refractivity contribution in [1.29, 1.82) is 0 Å². The minimum atomic E-state index is -0.927. The van der Waals surface area contributed by atoms with Gasteiger partial charge in [-0.25, -0.2) is 9.78 Å². The molecule has 2 aromatic heterocycles. The number of hydrogen-bond acceptors (Lipinski definition) is 2. The molecule has 1 N–H and O–H groups in total. The van der Waals surface area contributed by atoms with Gasteiger partial charge in [-0.15, -0.1) is 0 Å². The summed E-state index contributed by atoms with van der Waals surface area (Å²) in [6, 6.07) is 1.61. The molecule has 72 valence electrons. The molecular weight excluding hydrogens is 248 g/mol. The Morgan fingerprint density at radius 3 is 2.93 bits per heavy atom. The summed E-state index contributed by atoms with van der Waals surface area (Å²) in [5, 5.41) is 8.80. The van der Waals surface area contributed by atoms with Crippen LogP contribution in [-0.2, 0) is 0 Å². The Morgan fingerprint density at radius 2 is 2.29 bits per heavy atom. The number of carboxylic acids is 1. The molecule has 0 amide bonds. The van der Waals surface area contributed by atoms with Crippen LogP contribution in [0.1, 0.15) is 16.1 Å². The van der Waals surface area contributed by atoms with Crippen LogP contribution in [0.2, 0.25) is 0 Å². The molecule has 0 aliphatic heterocycles. The maximum Gasteiger partial charge on any atom is 0.337 e. The van der Waals surface area contributed by atoms with Gasteiger partial charge in [0.2, 0.25) is 0 Å². The van der Waals surface area contributed by atoms with Crippen molar-refractivity contribution in [2.24, 2.45) is 0 Å². The van der Waals surface area contributed by atoms with E-state index in [1.807, 2.05) is 6.92 Å². The van der Waals surface area contributed by atoms with E-state index in [1.54, 1.807) is 22.9 Å². The van der Waals surface area contributed by atoms with Crippen LogP contribution in [0.5, 0.6) is 0 Å². The molecule has 0 radical (unpaired) electrons. The fraction of sp³-hybridized carbons (Fsp3) is 0.111. The summed E-state index contributed by atoms with van der Waals surface area (Å²) >= 11 is 3.25. The Morgan fingerprint density at radius 1 is 1.57 bits per heavy atom. The van der Waals surface area contributed by atoms with Crippen molar-refractivity contribution in [1.82, 2.24) is 9.38 Å². The normalized spacial score (nSPS) is 10.7. The number of aromatic nitrogens is 2. The number of carbonyl (C=O) groups is 1. The molecule has 14 heavy (non-hydrogen) atoms. The minimum Gasteiger partial charge on any atom is -0.478 e. The number of fused-ring (bicyclic) bond motifs is 1. The molecule has 2 heterocycles. The molecule has 2 aromatic rings. The van der Waals surface area contributed by atoms with E-state index < -0.39 is 5.97 Å². The molecule has 2 rings (SSSR count). The van der Waals surface area contributed by atoms with Crippen LogP contribution in [0.15, 0.2) is 23.1 Å². The quantitative estimate of drug-likeness (QED) is 0.848. The van der Waals surface area contributed by atoms with Crippen LogP contribution in [0.25, 0.3) is 5.52 Å². The summed E-state index contributed by atoms with van der Waals surface area (Å²) in [5.74, 6) is -0.927. The Balaban J connectivity index is 2.76. The lowest BCUT2D eigenvalue weighted by molar-refractivity contribution is 0.0697. The van der Waals surface area contributed by atoms with Crippen LogP contribution >= 0.6 is 15.9 Å². The monoisotopic (exact) mass is 254 g/mol. The molecule has 0 saturated heterocycles. The summed E-state index contributed by atoms with van der Waals surface area (Å²) in [4.78, 5) is 14.9. The standard InChI is InChI=1S/C9H7BrN2O2/c1-5-7-2-6(9(13)14)3-12(7)4-8(10)11-5/h2-4H,1H3,(H,13,14). The highest BCUT2D eigenvalue weighted by molar-refractivity contribution is 9.10. The van der Waals surface area contributed by atoms with Crippen LogP contribution < -0.4 is 0 Å². The Hall–Kier alpha value is -1.36. The number of rotatable bonds is 1. The van der Waals surface area contributed by atoms with Crippen molar-refractivity contribution in [2.75, 3.05) is 0 Å². The third kappa shape index (κ3) is 1.39. The maximum absolute atomic E-state index is 10.7. The van der Waals surface area contributed by atoms with Gasteiger partial charge in [-0.3, -0.25) is 0 Å². The lowest BCUT2D eigenvalue weighted by Crippen LogP contribution is -1.92. The van der Waals surface area contributed by atoms with Crippen LogP contribution in [0.4, 0.5) is 0 Å². The van der Waals surface area contributed by atoms with E-state index in [1.165, 1.54) is 0 Å². The highest BCUT2D eigenvalue weighted by Gasteiger charge is 2.08. The Bertz CT molecular complexity index is 519. The van der Waals surface area contributed by atoms with Gasteiger partial charge in [-0.05, 0) is 28.9 Å². The summed E-state index contributed by atoms with van der Waals surface area (Å²) < 4.78 is 2.44. The van der Waals surface area contributed by atoms with Crippen molar-refractivity contribution < 1.29 is 9.90 Å². The summed E-state index contributed by atoms with van der Waals surface area (Å²) in [5.41, 5.74) is 1.88. The van der Waals surface area contributed by atoms with Gasteiger partial charge >= 0.3 is 5.97 Å². The molecule has 0 unspecified atom stereocenters. The van der Waals surface area contributed by atoms with E-state index in [-0.39, 0.29) is 5.56 Å². The van der Waals surface area contributed by atoms with Gasteiger partial charge in [-0.2, -0.15) is 0 Å². The SMILES string of the molecule is Cc1nc(Br)cn2cc(C(=O)O)cc12. The van der Waals surface area contributed by atoms with Gasteiger partial charge in [0, 0.05) is 12.4 Å². The highest BCUT2D eigenvalue weighted by atomic mass is 79.9. The van der Waals surface area contributed by atoms with E-state index in [4.69, 9.17) is 5.11 Å². The molecular formula is C9H7BrN2O2. The van der Waals surface area contributed by atoms with Gasteiger partial charge in [0.05, 0.1) is 16.8 Å². The summed E-state index contributed by atoms with van der Waals surface area (Å²) in [6.45, 7) is 1.84. The summed E-state index contributed by atoms with van der Waals surface area (Å²) in [7, 11) is 0. The van der Waals surface area contributed by atoms with Gasteiger partial charge in [0.25, 0.3) is 0 Å². The van der Waals surface area contributed by atoms with Gasteiger partial charge < -0.3 is 9.51 Å². The third-order valence-corrected chi connectivity index (χ3v) is 2.37. The number of carboxylic acid groups (broad SMARTS) is 1. The molecule has 0 spiro atoms. The zero-order valence-electron chi connectivity index (χ0n) is 7.36. The van der Waals surface area contributed by atoms with E-state index in [0.717, 1.165) is 11.2 Å². The first kappa shape index (κ1) is 9.21. The van der Waals surface area contributed by atoms with Gasteiger partial charge in [0.15, 0.2) is 0 Å². The zero-order valence-corrected chi connectivity index (χ0v) is 8.95. The average Bonchev–Trinajstić information content (AvgIpc) is 2.47. The van der Waals surface area contributed by atoms with Crippen LogP contribution in [-0.4, -0.2) is 20.5 Å². The number of aromatic carboxylic acids is 1. The van der Waals surface area contributed by atoms with Crippen molar-refractivity contribution in [3.8, 4) is 0 Å². The molecule has 0 aliphatic carbocycles. The first-order chi connectivity index (χ1) is 6.58. The van der Waals surface area contributed by atoms with Crippen molar-refractivity contribution in [2.45, 2.75) is 6.92 Å². The zero-order chi connectivity index (χ0) is 10.3.